The van der Waals surface area contributed by atoms with Crippen molar-refractivity contribution in [2.45, 2.75) is 88.6 Å². The Morgan fingerprint density at radius 1 is 0.607 bits per heavy atom. The lowest BCUT2D eigenvalue weighted by molar-refractivity contribution is -0.0459. The number of hydrogen-bond acceptors (Lipinski definition) is 6. The maximum absolute atomic E-state index is 10.3. The van der Waals surface area contributed by atoms with Crippen LogP contribution in [0.15, 0.2) is 0 Å². The Hall–Kier alpha value is -0.240. The molecule has 2 saturated carbocycles. The fraction of sp³-hybridized carbons (Fsp3) is 1.00. The van der Waals surface area contributed by atoms with Crippen molar-refractivity contribution < 1.29 is 19.7 Å². The van der Waals surface area contributed by atoms with Gasteiger partial charge in [-0.2, -0.15) is 0 Å². The zero-order valence-corrected chi connectivity index (χ0v) is 17.6. The molecule has 3 fully saturated rings. The standard InChI is InChI=1S/C22H42N2O4/c25-19(17-27-21-7-3-1-4-8-21)15-23-11-13-24(14-12-23)16-20(26)18-28-22-9-5-2-6-10-22/h19-22,25-26H,1-18H2/t19-,20-/m0/s1. The lowest BCUT2D eigenvalue weighted by Gasteiger charge is -2.36. The molecule has 6 heteroatoms. The number of rotatable bonds is 10. The van der Waals surface area contributed by atoms with Gasteiger partial charge in [0.05, 0.1) is 37.6 Å². The highest BCUT2D eigenvalue weighted by Gasteiger charge is 2.23. The van der Waals surface area contributed by atoms with E-state index >= 15 is 0 Å². The Morgan fingerprint density at radius 3 is 1.32 bits per heavy atom. The van der Waals surface area contributed by atoms with Crippen molar-refractivity contribution in [2.75, 3.05) is 52.5 Å². The predicted octanol–water partition coefficient (Wildman–Crippen LogP) is 2.02. The van der Waals surface area contributed by atoms with Gasteiger partial charge in [-0.15, -0.1) is 0 Å². The third-order valence-corrected chi connectivity index (χ3v) is 6.56. The van der Waals surface area contributed by atoms with E-state index in [1.807, 2.05) is 0 Å². The van der Waals surface area contributed by atoms with Gasteiger partial charge in [0.2, 0.25) is 0 Å². The van der Waals surface area contributed by atoms with Crippen LogP contribution in [0, 0.1) is 0 Å². The molecule has 0 aromatic carbocycles. The first-order valence-electron chi connectivity index (χ1n) is 11.7. The minimum absolute atomic E-state index is 0.359. The average Bonchev–Trinajstić information content (AvgIpc) is 2.74. The number of piperazine rings is 1. The zero-order chi connectivity index (χ0) is 19.6. The smallest absolute Gasteiger partial charge is 0.0900 e. The number of β-amino-alcohol motifs (C(OH)–C–C–N with tert-alkyl or cyclic N) is 2. The first-order valence-corrected chi connectivity index (χ1v) is 11.7. The normalized spacial score (nSPS) is 26.4. The van der Waals surface area contributed by atoms with Gasteiger partial charge in [0.15, 0.2) is 0 Å². The molecule has 2 N–H and O–H groups in total. The molecule has 1 saturated heterocycles. The maximum atomic E-state index is 10.3. The molecule has 1 heterocycles. The van der Waals surface area contributed by atoms with E-state index in [0.717, 1.165) is 51.9 Å². The van der Waals surface area contributed by atoms with Crippen LogP contribution >= 0.6 is 0 Å². The van der Waals surface area contributed by atoms with Crippen LogP contribution in [0.25, 0.3) is 0 Å². The number of ether oxygens (including phenoxy) is 2. The number of nitrogens with zero attached hydrogens (tertiary/aromatic N) is 2. The molecular weight excluding hydrogens is 356 g/mol. The monoisotopic (exact) mass is 398 g/mol. The molecule has 0 spiro atoms. The van der Waals surface area contributed by atoms with Crippen molar-refractivity contribution in [1.82, 2.24) is 9.80 Å². The summed E-state index contributed by atoms with van der Waals surface area (Å²) in [5.74, 6) is 0. The van der Waals surface area contributed by atoms with Gasteiger partial charge >= 0.3 is 0 Å². The Bertz CT molecular complexity index is 367. The van der Waals surface area contributed by atoms with Gasteiger partial charge in [0.1, 0.15) is 0 Å². The van der Waals surface area contributed by atoms with Gasteiger partial charge in [-0.25, -0.2) is 0 Å². The van der Waals surface area contributed by atoms with Crippen LogP contribution in [-0.2, 0) is 9.47 Å². The number of aliphatic hydroxyl groups is 2. The number of hydrogen-bond donors (Lipinski definition) is 2. The molecule has 2 aliphatic carbocycles. The molecule has 0 bridgehead atoms. The minimum atomic E-state index is -0.400. The van der Waals surface area contributed by atoms with Crippen molar-refractivity contribution in [3.8, 4) is 0 Å². The van der Waals surface area contributed by atoms with E-state index in [-0.39, 0.29) is 0 Å². The molecule has 0 aromatic heterocycles. The molecule has 0 amide bonds. The van der Waals surface area contributed by atoms with Gasteiger partial charge in [0.25, 0.3) is 0 Å². The Balaban J connectivity index is 1.23. The molecular formula is C22H42N2O4. The highest BCUT2D eigenvalue weighted by atomic mass is 16.5. The first-order chi connectivity index (χ1) is 13.7. The summed E-state index contributed by atoms with van der Waals surface area (Å²) in [7, 11) is 0. The van der Waals surface area contributed by atoms with Crippen LogP contribution in [0.2, 0.25) is 0 Å². The van der Waals surface area contributed by atoms with Gasteiger partial charge in [-0.05, 0) is 25.7 Å². The third kappa shape index (κ3) is 8.25. The van der Waals surface area contributed by atoms with Crippen molar-refractivity contribution in [3.63, 3.8) is 0 Å². The van der Waals surface area contributed by atoms with Gasteiger partial charge < -0.3 is 19.7 Å². The molecule has 3 aliphatic rings. The molecule has 6 nitrogen and oxygen atoms in total. The first kappa shape index (κ1) is 22.4. The molecule has 28 heavy (non-hydrogen) atoms. The molecule has 2 atom stereocenters. The third-order valence-electron chi connectivity index (χ3n) is 6.56. The van der Waals surface area contributed by atoms with Crippen molar-refractivity contribution in [2.24, 2.45) is 0 Å². The molecule has 164 valence electrons. The zero-order valence-electron chi connectivity index (χ0n) is 17.6. The molecule has 0 unspecified atom stereocenters. The molecule has 0 aromatic rings. The van der Waals surface area contributed by atoms with Crippen molar-refractivity contribution >= 4 is 0 Å². The summed E-state index contributed by atoms with van der Waals surface area (Å²) in [4.78, 5) is 4.63. The summed E-state index contributed by atoms with van der Waals surface area (Å²) in [6, 6.07) is 0. The molecule has 1 aliphatic heterocycles. The SMILES string of the molecule is O[C@H](COC1CCCCC1)CN1CCN(C[C@H](O)COC2CCCCC2)CC1. The lowest BCUT2D eigenvalue weighted by Crippen LogP contribution is -2.51. The fourth-order valence-electron chi connectivity index (χ4n) is 4.81. The van der Waals surface area contributed by atoms with Gasteiger partial charge in [-0.3, -0.25) is 9.80 Å². The van der Waals surface area contributed by atoms with E-state index in [4.69, 9.17) is 9.47 Å². The van der Waals surface area contributed by atoms with Crippen LogP contribution in [0.1, 0.15) is 64.2 Å². The Morgan fingerprint density at radius 2 is 0.964 bits per heavy atom. The fourth-order valence-corrected chi connectivity index (χ4v) is 4.81. The van der Waals surface area contributed by atoms with Crippen LogP contribution in [0.4, 0.5) is 0 Å². The van der Waals surface area contributed by atoms with Crippen LogP contribution in [0.3, 0.4) is 0 Å². The van der Waals surface area contributed by atoms with Gasteiger partial charge in [-0.1, -0.05) is 38.5 Å². The summed E-state index contributed by atoms with van der Waals surface area (Å²) < 4.78 is 11.8. The maximum Gasteiger partial charge on any atom is 0.0900 e. The largest absolute Gasteiger partial charge is 0.389 e. The van der Waals surface area contributed by atoms with E-state index in [1.54, 1.807) is 0 Å². The van der Waals surface area contributed by atoms with E-state index in [0.29, 0.717) is 38.5 Å². The topological polar surface area (TPSA) is 65.4 Å². The predicted molar refractivity (Wildman–Crippen MR) is 111 cm³/mol. The quantitative estimate of drug-likeness (QED) is 0.587. The summed E-state index contributed by atoms with van der Waals surface area (Å²) >= 11 is 0. The summed E-state index contributed by atoms with van der Waals surface area (Å²) in [6.45, 7) is 6.06. The van der Waals surface area contributed by atoms with E-state index < -0.39 is 12.2 Å². The van der Waals surface area contributed by atoms with E-state index in [1.165, 1.54) is 38.5 Å². The van der Waals surface area contributed by atoms with Gasteiger partial charge in [0, 0.05) is 39.3 Å². The van der Waals surface area contributed by atoms with Crippen molar-refractivity contribution in [1.29, 1.82) is 0 Å². The number of aliphatic hydroxyl groups excluding tert-OH is 2. The second kappa shape index (κ2) is 12.5. The summed E-state index contributed by atoms with van der Waals surface area (Å²) in [6.07, 6.45) is 12.2. The second-order valence-electron chi connectivity index (χ2n) is 9.10. The molecule has 3 rings (SSSR count). The Kier molecular flexibility index (Phi) is 9.98. The van der Waals surface area contributed by atoms with E-state index in [9.17, 15) is 10.2 Å². The van der Waals surface area contributed by atoms with Crippen LogP contribution in [0.5, 0.6) is 0 Å². The summed E-state index contributed by atoms with van der Waals surface area (Å²) in [5.41, 5.74) is 0. The lowest BCUT2D eigenvalue weighted by atomic mass is 9.98. The Labute approximate surface area is 171 Å². The highest BCUT2D eigenvalue weighted by Crippen LogP contribution is 2.21. The van der Waals surface area contributed by atoms with E-state index in [2.05, 4.69) is 9.80 Å². The second-order valence-corrected chi connectivity index (χ2v) is 9.10. The highest BCUT2D eigenvalue weighted by molar-refractivity contribution is 4.77. The minimum Gasteiger partial charge on any atom is -0.389 e. The van der Waals surface area contributed by atoms with Crippen LogP contribution in [-0.4, -0.2) is 96.9 Å². The average molecular weight is 399 g/mol. The van der Waals surface area contributed by atoms with Crippen molar-refractivity contribution in [3.05, 3.63) is 0 Å². The molecule has 0 radical (unpaired) electrons. The summed E-state index contributed by atoms with van der Waals surface area (Å²) in [5, 5.41) is 20.6. The van der Waals surface area contributed by atoms with Crippen LogP contribution < -0.4 is 0 Å².